The van der Waals surface area contributed by atoms with Crippen molar-refractivity contribution in [1.29, 1.82) is 0 Å². The summed E-state index contributed by atoms with van der Waals surface area (Å²) >= 11 is 5.71. The number of hydrogen-bond donors (Lipinski definition) is 2. The zero-order valence-electron chi connectivity index (χ0n) is 11.3. The number of alkyl halides is 3. The summed E-state index contributed by atoms with van der Waals surface area (Å²) in [5, 5.41) is 12.5. The van der Waals surface area contributed by atoms with Crippen LogP contribution >= 0.6 is 11.6 Å². The molecule has 0 aliphatic carbocycles. The molecule has 9 heteroatoms. The molecule has 23 heavy (non-hydrogen) atoms. The Labute approximate surface area is 133 Å². The molecule has 120 valence electrons. The molecule has 0 atom stereocenters. The van der Waals surface area contributed by atoms with Crippen molar-refractivity contribution >= 4 is 29.6 Å². The molecule has 2 N–H and O–H groups in total. The molecule has 2 rings (SSSR count). The van der Waals surface area contributed by atoms with E-state index in [1.54, 1.807) is 12.1 Å². The number of carboxylic acid groups (broad SMARTS) is 1. The zero-order chi connectivity index (χ0) is 17.0. The van der Waals surface area contributed by atoms with Gasteiger partial charge in [-0.1, -0.05) is 29.8 Å². The molecule has 0 aliphatic rings. The average molecular weight is 344 g/mol. The number of benzene rings is 1. The molecule has 2 aromatic rings. The lowest BCUT2D eigenvalue weighted by atomic mass is 10.1. The van der Waals surface area contributed by atoms with Crippen molar-refractivity contribution in [2.75, 3.05) is 5.43 Å². The minimum absolute atomic E-state index is 0.0320. The van der Waals surface area contributed by atoms with E-state index in [2.05, 4.69) is 15.5 Å². The summed E-state index contributed by atoms with van der Waals surface area (Å²) in [6.07, 6.45) is -2.72. The summed E-state index contributed by atoms with van der Waals surface area (Å²) in [6.45, 7) is 0. The first-order chi connectivity index (χ1) is 10.8. The Morgan fingerprint density at radius 2 is 2.04 bits per heavy atom. The van der Waals surface area contributed by atoms with Gasteiger partial charge in [0.05, 0.1) is 22.4 Å². The molecule has 1 aromatic heterocycles. The topological polar surface area (TPSA) is 74.6 Å². The van der Waals surface area contributed by atoms with Crippen molar-refractivity contribution in [2.45, 2.75) is 6.18 Å². The number of carboxylic acids is 1. The van der Waals surface area contributed by atoms with Crippen molar-refractivity contribution in [3.05, 3.63) is 58.2 Å². The molecule has 0 radical (unpaired) electrons. The van der Waals surface area contributed by atoms with Crippen molar-refractivity contribution in [3.63, 3.8) is 0 Å². The van der Waals surface area contributed by atoms with Gasteiger partial charge in [-0.2, -0.15) is 18.3 Å². The van der Waals surface area contributed by atoms with E-state index < -0.39 is 17.7 Å². The van der Waals surface area contributed by atoms with Gasteiger partial charge in [-0.3, -0.25) is 5.43 Å². The summed E-state index contributed by atoms with van der Waals surface area (Å²) in [5.41, 5.74) is 1.74. The second-order valence-electron chi connectivity index (χ2n) is 4.31. The normalized spacial score (nSPS) is 11.7. The number of anilines is 1. The molecule has 0 bridgehead atoms. The third-order valence-electron chi connectivity index (χ3n) is 2.73. The highest BCUT2D eigenvalue weighted by Crippen LogP contribution is 2.32. The van der Waals surface area contributed by atoms with E-state index in [-0.39, 0.29) is 16.4 Å². The number of aromatic carboxylic acids is 1. The van der Waals surface area contributed by atoms with E-state index in [4.69, 9.17) is 16.7 Å². The van der Waals surface area contributed by atoms with Crippen LogP contribution in [0.2, 0.25) is 5.02 Å². The zero-order valence-corrected chi connectivity index (χ0v) is 12.1. The van der Waals surface area contributed by atoms with Crippen LogP contribution in [0.25, 0.3) is 0 Å². The van der Waals surface area contributed by atoms with E-state index in [0.29, 0.717) is 11.8 Å². The Hall–Kier alpha value is -2.61. The number of halogens is 4. The number of carbonyl (C=O) groups is 1. The molecule has 0 fully saturated rings. The Bertz CT molecular complexity index is 763. The largest absolute Gasteiger partial charge is 0.478 e. The highest BCUT2D eigenvalue weighted by molar-refractivity contribution is 6.33. The lowest BCUT2D eigenvalue weighted by Crippen LogP contribution is -2.06. The van der Waals surface area contributed by atoms with Gasteiger partial charge >= 0.3 is 12.1 Å². The van der Waals surface area contributed by atoms with Crippen LogP contribution in [0.1, 0.15) is 21.5 Å². The van der Waals surface area contributed by atoms with Crippen molar-refractivity contribution in [2.24, 2.45) is 5.10 Å². The van der Waals surface area contributed by atoms with Gasteiger partial charge in [0.25, 0.3) is 0 Å². The maximum atomic E-state index is 12.5. The number of nitrogens with zero attached hydrogens (tertiary/aromatic N) is 2. The molecule has 0 saturated carbocycles. The van der Waals surface area contributed by atoms with Gasteiger partial charge in [0.15, 0.2) is 5.82 Å². The molecule has 1 heterocycles. The van der Waals surface area contributed by atoms with E-state index >= 15 is 0 Å². The van der Waals surface area contributed by atoms with Crippen LogP contribution in [0, 0.1) is 0 Å². The fraction of sp³-hybridized carbons (Fsp3) is 0.0714. The molecule has 0 saturated heterocycles. The minimum Gasteiger partial charge on any atom is -0.478 e. The first kappa shape index (κ1) is 16.8. The third-order valence-corrected chi connectivity index (χ3v) is 3.02. The number of aromatic nitrogens is 1. The Balaban J connectivity index is 2.17. The van der Waals surface area contributed by atoms with Crippen LogP contribution in [-0.4, -0.2) is 22.3 Å². The molecule has 5 nitrogen and oxygen atoms in total. The molecule has 1 aromatic carbocycles. The van der Waals surface area contributed by atoms with Crippen LogP contribution < -0.4 is 5.43 Å². The number of hydrogen-bond acceptors (Lipinski definition) is 4. The SMILES string of the molecule is O=C(O)c1ccccc1C=NNc1ncc(C(F)(F)F)cc1Cl. The summed E-state index contributed by atoms with van der Waals surface area (Å²) in [6, 6.07) is 6.82. The average Bonchev–Trinajstić information content (AvgIpc) is 2.48. The Morgan fingerprint density at radius 3 is 2.65 bits per heavy atom. The Kier molecular flexibility index (Phi) is 4.85. The molecule has 0 amide bonds. The highest BCUT2D eigenvalue weighted by Gasteiger charge is 2.31. The highest BCUT2D eigenvalue weighted by atomic mass is 35.5. The third kappa shape index (κ3) is 4.19. The standard InChI is InChI=1S/C14H9ClF3N3O2/c15-11-5-9(14(16,17)18)7-19-12(11)21-20-6-8-3-1-2-4-10(8)13(22)23/h1-7H,(H,19,21)(H,22,23). The van der Waals surface area contributed by atoms with Crippen LogP contribution in [0.3, 0.4) is 0 Å². The predicted molar refractivity (Wildman–Crippen MR) is 78.9 cm³/mol. The number of hydrazone groups is 1. The second-order valence-corrected chi connectivity index (χ2v) is 4.72. The summed E-state index contributed by atoms with van der Waals surface area (Å²) in [4.78, 5) is 14.6. The van der Waals surface area contributed by atoms with Gasteiger partial charge < -0.3 is 5.11 Å². The smallest absolute Gasteiger partial charge is 0.417 e. The fourth-order valence-corrected chi connectivity index (χ4v) is 1.85. The molecular formula is C14H9ClF3N3O2. The summed E-state index contributed by atoms with van der Waals surface area (Å²) < 4.78 is 37.5. The lowest BCUT2D eigenvalue weighted by molar-refractivity contribution is -0.137. The summed E-state index contributed by atoms with van der Waals surface area (Å²) in [5.74, 6) is -1.21. The lowest BCUT2D eigenvalue weighted by Gasteiger charge is -2.08. The molecule has 0 spiro atoms. The predicted octanol–water partition coefficient (Wildman–Crippen LogP) is 3.90. The maximum absolute atomic E-state index is 12.5. The minimum atomic E-state index is -4.54. The van der Waals surface area contributed by atoms with Crippen molar-refractivity contribution in [3.8, 4) is 0 Å². The first-order valence-corrected chi connectivity index (χ1v) is 6.51. The first-order valence-electron chi connectivity index (χ1n) is 6.13. The van der Waals surface area contributed by atoms with Gasteiger partial charge in [-0.25, -0.2) is 9.78 Å². The van der Waals surface area contributed by atoms with Gasteiger partial charge in [0, 0.05) is 11.8 Å². The van der Waals surface area contributed by atoms with Gasteiger partial charge in [-0.05, 0) is 12.1 Å². The quantitative estimate of drug-likeness (QED) is 0.652. The van der Waals surface area contributed by atoms with E-state index in [0.717, 1.165) is 6.07 Å². The van der Waals surface area contributed by atoms with Crippen LogP contribution in [0.4, 0.5) is 19.0 Å². The van der Waals surface area contributed by atoms with Crippen molar-refractivity contribution < 1.29 is 23.1 Å². The maximum Gasteiger partial charge on any atom is 0.417 e. The number of pyridine rings is 1. The van der Waals surface area contributed by atoms with Crippen LogP contribution in [-0.2, 0) is 6.18 Å². The monoisotopic (exact) mass is 343 g/mol. The van der Waals surface area contributed by atoms with Crippen molar-refractivity contribution in [1.82, 2.24) is 4.98 Å². The van der Waals surface area contributed by atoms with E-state index in [1.165, 1.54) is 18.3 Å². The molecular weight excluding hydrogens is 335 g/mol. The number of nitrogens with one attached hydrogen (secondary N) is 1. The van der Waals surface area contributed by atoms with E-state index in [9.17, 15) is 18.0 Å². The van der Waals surface area contributed by atoms with Gasteiger partial charge in [-0.15, -0.1) is 0 Å². The van der Waals surface area contributed by atoms with Crippen LogP contribution in [0.15, 0.2) is 41.6 Å². The van der Waals surface area contributed by atoms with Crippen LogP contribution in [0.5, 0.6) is 0 Å². The Morgan fingerprint density at radius 1 is 1.35 bits per heavy atom. The van der Waals surface area contributed by atoms with E-state index in [1.807, 2.05) is 0 Å². The summed E-state index contributed by atoms with van der Waals surface area (Å²) in [7, 11) is 0. The molecule has 0 unspecified atom stereocenters. The van der Waals surface area contributed by atoms with Gasteiger partial charge in [0.1, 0.15) is 0 Å². The second kappa shape index (κ2) is 6.66. The molecule has 0 aliphatic heterocycles. The number of rotatable bonds is 4. The van der Waals surface area contributed by atoms with Gasteiger partial charge in [0.2, 0.25) is 0 Å². The fourth-order valence-electron chi connectivity index (χ4n) is 1.64.